The van der Waals surface area contributed by atoms with E-state index in [1.807, 2.05) is 0 Å². The van der Waals surface area contributed by atoms with Gasteiger partial charge in [0.2, 0.25) is 5.89 Å². The van der Waals surface area contributed by atoms with Gasteiger partial charge >= 0.3 is 0 Å². The average molecular weight is 211 g/mol. The van der Waals surface area contributed by atoms with Crippen molar-refractivity contribution < 1.29 is 9.26 Å². The van der Waals surface area contributed by atoms with E-state index < -0.39 is 0 Å². The number of hydrogen-bond acceptors (Lipinski definition) is 5. The van der Waals surface area contributed by atoms with E-state index in [9.17, 15) is 0 Å². The Labute approximate surface area is 89.0 Å². The van der Waals surface area contributed by atoms with E-state index in [-0.39, 0.29) is 6.04 Å². The molecule has 0 bridgehead atoms. The molecule has 2 rings (SSSR count). The molecule has 5 nitrogen and oxygen atoms in total. The lowest BCUT2D eigenvalue weighted by Gasteiger charge is -2.03. The molecule has 15 heavy (non-hydrogen) atoms. The lowest BCUT2D eigenvalue weighted by atomic mass is 10.1. The molecule has 5 heteroatoms. The first-order valence-electron chi connectivity index (χ1n) is 5.39. The molecule has 0 radical (unpaired) electrons. The van der Waals surface area contributed by atoms with Crippen LogP contribution in [0.15, 0.2) is 4.52 Å². The Morgan fingerprint density at radius 1 is 1.53 bits per heavy atom. The van der Waals surface area contributed by atoms with Crippen LogP contribution in [0.4, 0.5) is 0 Å². The van der Waals surface area contributed by atoms with Crippen LogP contribution in [-0.2, 0) is 4.74 Å². The molecule has 1 aliphatic carbocycles. The Morgan fingerprint density at radius 3 is 2.93 bits per heavy atom. The van der Waals surface area contributed by atoms with Gasteiger partial charge in [-0.15, -0.1) is 0 Å². The molecule has 0 aromatic carbocycles. The molecule has 1 fully saturated rings. The van der Waals surface area contributed by atoms with Crippen LogP contribution in [0.3, 0.4) is 0 Å². The van der Waals surface area contributed by atoms with Gasteiger partial charge in [-0.25, -0.2) is 0 Å². The first-order valence-corrected chi connectivity index (χ1v) is 5.39. The minimum Gasteiger partial charge on any atom is -0.383 e. The molecule has 84 valence electrons. The van der Waals surface area contributed by atoms with Crippen molar-refractivity contribution in [2.24, 2.45) is 5.73 Å². The molecular formula is C10H17N3O2. The maximum atomic E-state index is 5.81. The van der Waals surface area contributed by atoms with Crippen molar-refractivity contribution in [1.29, 1.82) is 0 Å². The minimum absolute atomic E-state index is 0.283. The van der Waals surface area contributed by atoms with Crippen molar-refractivity contribution in [3.05, 3.63) is 11.7 Å². The molecule has 1 atom stereocenters. The summed E-state index contributed by atoms with van der Waals surface area (Å²) in [6, 6.07) is -0.283. The topological polar surface area (TPSA) is 74.2 Å². The summed E-state index contributed by atoms with van der Waals surface area (Å²) < 4.78 is 10.2. The maximum absolute atomic E-state index is 5.81. The number of aromatic nitrogens is 2. The summed E-state index contributed by atoms with van der Waals surface area (Å²) >= 11 is 0. The van der Waals surface area contributed by atoms with E-state index in [2.05, 4.69) is 10.1 Å². The largest absolute Gasteiger partial charge is 0.383 e. The number of nitrogens with zero attached hydrogens (tertiary/aromatic N) is 2. The minimum atomic E-state index is -0.283. The first-order chi connectivity index (χ1) is 7.31. The second-order valence-electron chi connectivity index (χ2n) is 4.03. The van der Waals surface area contributed by atoms with Gasteiger partial charge in [-0.3, -0.25) is 0 Å². The quantitative estimate of drug-likeness (QED) is 0.814. The van der Waals surface area contributed by atoms with Crippen molar-refractivity contribution in [3.8, 4) is 0 Å². The van der Waals surface area contributed by atoms with Gasteiger partial charge in [-0.05, 0) is 12.8 Å². The lowest BCUT2D eigenvalue weighted by Crippen LogP contribution is -2.17. The Bertz CT molecular complexity index is 307. The van der Waals surface area contributed by atoms with Gasteiger partial charge in [0.1, 0.15) is 0 Å². The molecule has 1 aliphatic rings. The summed E-state index contributed by atoms with van der Waals surface area (Å²) in [5, 5.41) is 3.89. The second-order valence-corrected chi connectivity index (χ2v) is 4.03. The summed E-state index contributed by atoms with van der Waals surface area (Å²) in [6.07, 6.45) is 4.82. The molecule has 0 spiro atoms. The standard InChI is InChI=1S/C10H17N3O2/c1-14-6-8(11)9-12-10(15-13-9)7-4-2-3-5-7/h7-8H,2-6,11H2,1H3. The number of rotatable bonds is 4. The Balaban J connectivity index is 2.02. The van der Waals surface area contributed by atoms with Crippen molar-refractivity contribution in [2.45, 2.75) is 37.6 Å². The molecule has 1 aromatic rings. The Morgan fingerprint density at radius 2 is 2.27 bits per heavy atom. The summed E-state index contributed by atoms with van der Waals surface area (Å²) in [4.78, 5) is 4.33. The van der Waals surface area contributed by atoms with Gasteiger partial charge in [-0.2, -0.15) is 4.98 Å². The number of methoxy groups -OCH3 is 1. The first kappa shape index (κ1) is 10.6. The lowest BCUT2D eigenvalue weighted by molar-refractivity contribution is 0.177. The third-order valence-corrected chi connectivity index (χ3v) is 2.84. The van der Waals surface area contributed by atoms with E-state index in [0.717, 1.165) is 18.7 Å². The van der Waals surface area contributed by atoms with Crippen LogP contribution in [0.2, 0.25) is 0 Å². The molecule has 1 unspecified atom stereocenters. The van der Waals surface area contributed by atoms with Gasteiger partial charge < -0.3 is 15.0 Å². The van der Waals surface area contributed by atoms with E-state index in [1.54, 1.807) is 7.11 Å². The van der Waals surface area contributed by atoms with Crippen molar-refractivity contribution in [1.82, 2.24) is 10.1 Å². The predicted octanol–water partition coefficient (Wildman–Crippen LogP) is 1.37. The number of hydrogen-bond donors (Lipinski definition) is 1. The average Bonchev–Trinajstić information content (AvgIpc) is 2.89. The SMILES string of the molecule is COCC(N)c1noc(C2CCCC2)n1. The Hall–Kier alpha value is -0.940. The zero-order chi connectivity index (χ0) is 10.7. The molecule has 0 amide bonds. The van der Waals surface area contributed by atoms with Crippen LogP contribution in [-0.4, -0.2) is 23.9 Å². The van der Waals surface area contributed by atoms with E-state index >= 15 is 0 Å². The van der Waals surface area contributed by atoms with E-state index in [0.29, 0.717) is 18.3 Å². The van der Waals surface area contributed by atoms with Crippen LogP contribution in [0.1, 0.15) is 49.4 Å². The van der Waals surface area contributed by atoms with Crippen LogP contribution >= 0.6 is 0 Å². The smallest absolute Gasteiger partial charge is 0.229 e. The fraction of sp³-hybridized carbons (Fsp3) is 0.800. The number of ether oxygens (including phenoxy) is 1. The molecule has 2 N–H and O–H groups in total. The zero-order valence-electron chi connectivity index (χ0n) is 8.98. The summed E-state index contributed by atoms with van der Waals surface area (Å²) in [5.41, 5.74) is 5.81. The highest BCUT2D eigenvalue weighted by atomic mass is 16.5. The van der Waals surface area contributed by atoms with Gasteiger partial charge in [0.15, 0.2) is 5.82 Å². The fourth-order valence-corrected chi connectivity index (χ4v) is 1.99. The van der Waals surface area contributed by atoms with Crippen LogP contribution in [0.5, 0.6) is 0 Å². The van der Waals surface area contributed by atoms with Gasteiger partial charge in [-0.1, -0.05) is 18.0 Å². The molecule has 0 saturated heterocycles. The predicted molar refractivity (Wildman–Crippen MR) is 54.3 cm³/mol. The summed E-state index contributed by atoms with van der Waals surface area (Å²) in [7, 11) is 1.61. The third-order valence-electron chi connectivity index (χ3n) is 2.84. The highest BCUT2D eigenvalue weighted by Gasteiger charge is 2.24. The normalized spacial score (nSPS) is 19.6. The zero-order valence-corrected chi connectivity index (χ0v) is 8.98. The van der Waals surface area contributed by atoms with Crippen LogP contribution < -0.4 is 5.73 Å². The van der Waals surface area contributed by atoms with Crippen molar-refractivity contribution in [2.75, 3.05) is 13.7 Å². The fourth-order valence-electron chi connectivity index (χ4n) is 1.99. The maximum Gasteiger partial charge on any atom is 0.229 e. The van der Waals surface area contributed by atoms with Crippen molar-refractivity contribution >= 4 is 0 Å². The number of nitrogens with two attached hydrogens (primary N) is 1. The highest BCUT2D eigenvalue weighted by molar-refractivity contribution is 4.99. The second kappa shape index (κ2) is 4.72. The summed E-state index contributed by atoms with van der Waals surface area (Å²) in [6.45, 7) is 0.420. The molecule has 0 aliphatic heterocycles. The molecule has 1 aromatic heterocycles. The molecular weight excluding hydrogens is 194 g/mol. The Kier molecular flexibility index (Phi) is 3.33. The van der Waals surface area contributed by atoms with E-state index in [1.165, 1.54) is 12.8 Å². The third kappa shape index (κ3) is 2.35. The van der Waals surface area contributed by atoms with Crippen LogP contribution in [0, 0.1) is 0 Å². The van der Waals surface area contributed by atoms with E-state index in [4.69, 9.17) is 15.0 Å². The van der Waals surface area contributed by atoms with Gasteiger partial charge in [0.25, 0.3) is 0 Å². The summed E-state index contributed by atoms with van der Waals surface area (Å²) in [5.74, 6) is 1.74. The van der Waals surface area contributed by atoms with Gasteiger partial charge in [0, 0.05) is 13.0 Å². The highest BCUT2D eigenvalue weighted by Crippen LogP contribution is 2.33. The monoisotopic (exact) mass is 211 g/mol. The van der Waals surface area contributed by atoms with Crippen molar-refractivity contribution in [3.63, 3.8) is 0 Å². The molecule has 1 saturated carbocycles. The molecule has 1 heterocycles. The van der Waals surface area contributed by atoms with Gasteiger partial charge in [0.05, 0.1) is 12.6 Å². The van der Waals surface area contributed by atoms with Crippen LogP contribution in [0.25, 0.3) is 0 Å².